The van der Waals surface area contributed by atoms with Crippen molar-refractivity contribution in [3.63, 3.8) is 0 Å². The van der Waals surface area contributed by atoms with Gasteiger partial charge >= 0.3 is 11.7 Å². The number of carbonyl (C=O) groups excluding carboxylic acids is 1. The van der Waals surface area contributed by atoms with Crippen molar-refractivity contribution in [2.45, 2.75) is 26.9 Å². The molecular weight excluding hydrogens is 320 g/mol. The number of esters is 1. The highest BCUT2D eigenvalue weighted by atomic mass is 32.2. The maximum atomic E-state index is 12.5. The van der Waals surface area contributed by atoms with Crippen LogP contribution in [-0.4, -0.2) is 42.1 Å². The summed E-state index contributed by atoms with van der Waals surface area (Å²) >= 11 is 0. The Morgan fingerprint density at radius 1 is 1.17 bits per heavy atom. The molecule has 0 bridgehead atoms. The van der Waals surface area contributed by atoms with Crippen molar-refractivity contribution in [2.24, 2.45) is 0 Å². The molecule has 0 aliphatic rings. The molecule has 1 heterocycles. The molecule has 0 unspecified atom stereocenters. The number of aryl methyl sites for hydroxylation is 2. The van der Waals surface area contributed by atoms with Crippen LogP contribution in [0.3, 0.4) is 0 Å². The van der Waals surface area contributed by atoms with Gasteiger partial charge in [-0.05, 0) is 32.0 Å². The first-order valence-corrected chi connectivity index (χ1v) is 9.42. The summed E-state index contributed by atoms with van der Waals surface area (Å²) in [6, 6.07) is 4.86. The fraction of sp³-hybridized carbons (Fsp3) is 0.467. The predicted molar refractivity (Wildman–Crippen MR) is 87.5 cm³/mol. The van der Waals surface area contributed by atoms with Crippen molar-refractivity contribution < 1.29 is 17.9 Å². The number of nitrogens with zero attached hydrogens (tertiary/aromatic N) is 2. The maximum Gasteiger partial charge on any atom is 0.338 e. The van der Waals surface area contributed by atoms with Crippen molar-refractivity contribution in [1.29, 1.82) is 0 Å². The molecule has 8 heteroatoms. The van der Waals surface area contributed by atoms with E-state index in [-0.39, 0.29) is 24.6 Å². The Morgan fingerprint density at radius 2 is 1.87 bits per heavy atom. The summed E-state index contributed by atoms with van der Waals surface area (Å²) in [6.45, 7) is 4.31. The molecule has 0 radical (unpaired) electrons. The van der Waals surface area contributed by atoms with Gasteiger partial charge in [-0.2, -0.15) is 0 Å². The van der Waals surface area contributed by atoms with Crippen molar-refractivity contribution >= 4 is 26.8 Å². The molecule has 0 saturated heterocycles. The first-order chi connectivity index (χ1) is 10.8. The molecule has 0 N–H and O–H groups in total. The number of benzene rings is 1. The lowest BCUT2D eigenvalue weighted by Crippen LogP contribution is -2.26. The number of hydrogen-bond donors (Lipinski definition) is 0. The normalized spacial score (nSPS) is 11.8. The minimum atomic E-state index is -3.20. The van der Waals surface area contributed by atoms with Gasteiger partial charge in [0.15, 0.2) is 0 Å². The maximum absolute atomic E-state index is 12.5. The second-order valence-corrected chi connectivity index (χ2v) is 7.49. The Labute approximate surface area is 134 Å². The fourth-order valence-electron chi connectivity index (χ4n) is 2.44. The van der Waals surface area contributed by atoms with E-state index in [1.807, 2.05) is 6.92 Å². The van der Waals surface area contributed by atoms with Gasteiger partial charge in [0.1, 0.15) is 9.84 Å². The summed E-state index contributed by atoms with van der Waals surface area (Å²) < 4.78 is 30.7. The van der Waals surface area contributed by atoms with E-state index >= 15 is 0 Å². The van der Waals surface area contributed by atoms with Gasteiger partial charge < -0.3 is 4.74 Å². The lowest BCUT2D eigenvalue weighted by atomic mass is 10.2. The van der Waals surface area contributed by atoms with E-state index in [4.69, 9.17) is 4.74 Å². The van der Waals surface area contributed by atoms with E-state index in [2.05, 4.69) is 0 Å². The third-order valence-corrected chi connectivity index (χ3v) is 4.46. The van der Waals surface area contributed by atoms with E-state index in [9.17, 15) is 18.0 Å². The van der Waals surface area contributed by atoms with Crippen LogP contribution in [0.5, 0.6) is 0 Å². The monoisotopic (exact) mass is 340 g/mol. The zero-order valence-corrected chi connectivity index (χ0v) is 14.2. The van der Waals surface area contributed by atoms with Gasteiger partial charge in [-0.3, -0.25) is 9.13 Å². The van der Waals surface area contributed by atoms with E-state index < -0.39 is 15.8 Å². The third kappa shape index (κ3) is 3.64. The molecule has 0 spiro atoms. The molecule has 2 rings (SSSR count). The average Bonchev–Trinajstić information content (AvgIpc) is 2.74. The number of fused-ring (bicyclic) bond motifs is 1. The van der Waals surface area contributed by atoms with Gasteiger partial charge in [0, 0.05) is 19.3 Å². The summed E-state index contributed by atoms with van der Waals surface area (Å²) in [4.78, 5) is 24.3. The molecule has 7 nitrogen and oxygen atoms in total. The van der Waals surface area contributed by atoms with Crippen LogP contribution >= 0.6 is 0 Å². The minimum Gasteiger partial charge on any atom is -0.462 e. The summed E-state index contributed by atoms with van der Waals surface area (Å²) in [5.41, 5.74) is 1.25. The Morgan fingerprint density at radius 3 is 2.43 bits per heavy atom. The molecule has 0 amide bonds. The van der Waals surface area contributed by atoms with Gasteiger partial charge in [-0.25, -0.2) is 18.0 Å². The Balaban J connectivity index is 2.59. The average molecular weight is 340 g/mol. The molecule has 0 aliphatic heterocycles. The predicted octanol–water partition coefficient (Wildman–Crippen LogP) is 1.04. The van der Waals surface area contributed by atoms with E-state index in [0.29, 0.717) is 23.1 Å². The number of ether oxygens (including phenoxy) is 1. The zero-order valence-electron chi connectivity index (χ0n) is 13.4. The molecule has 1 aromatic heterocycles. The molecule has 0 aliphatic carbocycles. The quantitative estimate of drug-likeness (QED) is 0.733. The lowest BCUT2D eigenvalue weighted by molar-refractivity contribution is 0.0526. The van der Waals surface area contributed by atoms with Gasteiger partial charge in [-0.15, -0.1) is 0 Å². The Bertz CT molecular complexity index is 892. The van der Waals surface area contributed by atoms with E-state index in [1.54, 1.807) is 29.7 Å². The van der Waals surface area contributed by atoms with Crippen LogP contribution in [0.1, 0.15) is 24.2 Å². The number of rotatable bonds is 6. The van der Waals surface area contributed by atoms with E-state index in [1.165, 1.54) is 4.57 Å². The number of carbonyl (C=O) groups is 1. The molecule has 0 atom stereocenters. The highest BCUT2D eigenvalue weighted by Gasteiger charge is 2.16. The number of sulfone groups is 1. The largest absolute Gasteiger partial charge is 0.462 e. The van der Waals surface area contributed by atoms with Crippen molar-refractivity contribution in [1.82, 2.24) is 9.13 Å². The first kappa shape index (κ1) is 17.3. The highest BCUT2D eigenvalue weighted by Crippen LogP contribution is 2.17. The van der Waals surface area contributed by atoms with E-state index in [0.717, 1.165) is 6.26 Å². The first-order valence-electron chi connectivity index (χ1n) is 7.36. The second-order valence-electron chi connectivity index (χ2n) is 5.23. The molecule has 23 heavy (non-hydrogen) atoms. The Kier molecular flexibility index (Phi) is 4.93. The smallest absolute Gasteiger partial charge is 0.338 e. The zero-order chi connectivity index (χ0) is 17.2. The van der Waals surface area contributed by atoms with Gasteiger partial charge in [0.05, 0.1) is 29.0 Å². The Hall–Kier alpha value is -2.09. The molecule has 1 aromatic carbocycles. The van der Waals surface area contributed by atoms with Crippen LogP contribution in [0.4, 0.5) is 0 Å². The third-order valence-electron chi connectivity index (χ3n) is 3.53. The van der Waals surface area contributed by atoms with Crippen LogP contribution in [0.2, 0.25) is 0 Å². The molecule has 2 aromatic rings. The standard InChI is InChI=1S/C15H20N2O5S/c1-4-16-12-7-6-11(14(18)22-5-2)10-13(12)17(15(16)19)8-9-23(3,20)21/h6-7,10H,4-5,8-9H2,1-3H3. The van der Waals surface area contributed by atoms with Crippen molar-refractivity contribution in [3.05, 3.63) is 34.2 Å². The summed E-state index contributed by atoms with van der Waals surface area (Å²) in [6.07, 6.45) is 1.13. The van der Waals surface area contributed by atoms with Crippen LogP contribution in [0.25, 0.3) is 11.0 Å². The van der Waals surface area contributed by atoms with Gasteiger partial charge in [0.25, 0.3) is 0 Å². The second kappa shape index (κ2) is 6.57. The molecule has 126 valence electrons. The lowest BCUT2D eigenvalue weighted by Gasteiger charge is -2.05. The number of hydrogen-bond acceptors (Lipinski definition) is 5. The van der Waals surface area contributed by atoms with Crippen LogP contribution in [0.15, 0.2) is 23.0 Å². The summed E-state index contributed by atoms with van der Waals surface area (Å²) in [5, 5.41) is 0. The molecule has 0 saturated carbocycles. The van der Waals surface area contributed by atoms with Crippen LogP contribution in [0, 0.1) is 0 Å². The minimum absolute atomic E-state index is 0.0491. The number of imidazole rings is 1. The molecule has 0 fully saturated rings. The van der Waals surface area contributed by atoms with Gasteiger partial charge in [0.2, 0.25) is 0 Å². The molecular formula is C15H20N2O5S. The SMILES string of the molecule is CCOC(=O)c1ccc2c(c1)n(CCS(C)(=O)=O)c(=O)n2CC. The van der Waals surface area contributed by atoms with Gasteiger partial charge in [-0.1, -0.05) is 0 Å². The van der Waals surface area contributed by atoms with Crippen LogP contribution in [-0.2, 0) is 27.7 Å². The fourth-order valence-corrected chi connectivity index (χ4v) is 2.95. The van der Waals surface area contributed by atoms with Crippen molar-refractivity contribution in [2.75, 3.05) is 18.6 Å². The topological polar surface area (TPSA) is 87.4 Å². The van der Waals surface area contributed by atoms with Crippen LogP contribution < -0.4 is 5.69 Å². The number of aromatic nitrogens is 2. The summed E-state index contributed by atoms with van der Waals surface area (Å²) in [7, 11) is -3.20. The van der Waals surface area contributed by atoms with Crippen molar-refractivity contribution in [3.8, 4) is 0 Å². The summed E-state index contributed by atoms with van der Waals surface area (Å²) in [5.74, 6) is -0.611. The highest BCUT2D eigenvalue weighted by molar-refractivity contribution is 7.90.